The SMILES string of the molecule is C=C1CCc2cc(C3CCCNCC3)ccc21. The lowest BCUT2D eigenvalue weighted by molar-refractivity contribution is 0.609. The minimum absolute atomic E-state index is 0.768. The molecular formula is C16H21N. The first-order valence-electron chi connectivity index (χ1n) is 6.86. The fraction of sp³-hybridized carbons (Fsp3) is 0.500. The topological polar surface area (TPSA) is 12.0 Å². The molecule has 1 unspecified atom stereocenters. The van der Waals surface area contributed by atoms with Gasteiger partial charge in [-0.05, 0) is 73.4 Å². The highest BCUT2D eigenvalue weighted by molar-refractivity contribution is 5.71. The van der Waals surface area contributed by atoms with E-state index < -0.39 is 0 Å². The Morgan fingerprint density at radius 1 is 1.12 bits per heavy atom. The van der Waals surface area contributed by atoms with E-state index in [-0.39, 0.29) is 0 Å². The van der Waals surface area contributed by atoms with E-state index in [0.717, 1.165) is 12.3 Å². The van der Waals surface area contributed by atoms with Crippen LogP contribution in [0.1, 0.15) is 48.3 Å². The van der Waals surface area contributed by atoms with Crippen LogP contribution in [0.2, 0.25) is 0 Å². The maximum atomic E-state index is 4.14. The highest BCUT2D eigenvalue weighted by Crippen LogP contribution is 2.34. The van der Waals surface area contributed by atoms with Gasteiger partial charge in [-0.1, -0.05) is 24.8 Å². The van der Waals surface area contributed by atoms with Crippen molar-refractivity contribution in [2.24, 2.45) is 0 Å². The predicted octanol–water partition coefficient (Wildman–Crippen LogP) is 3.50. The van der Waals surface area contributed by atoms with Crippen LogP contribution in [0.15, 0.2) is 24.8 Å². The smallest absolute Gasteiger partial charge is 0.00431 e. The number of hydrogen-bond acceptors (Lipinski definition) is 1. The third-order valence-electron chi connectivity index (χ3n) is 4.25. The molecule has 1 aromatic carbocycles. The molecule has 1 aliphatic carbocycles. The second-order valence-electron chi connectivity index (χ2n) is 5.40. The van der Waals surface area contributed by atoms with Gasteiger partial charge in [0, 0.05) is 0 Å². The normalized spacial score (nSPS) is 24.5. The van der Waals surface area contributed by atoms with Gasteiger partial charge in [0.1, 0.15) is 0 Å². The van der Waals surface area contributed by atoms with Gasteiger partial charge in [-0.15, -0.1) is 0 Å². The molecule has 0 bridgehead atoms. The molecule has 1 saturated heterocycles. The van der Waals surface area contributed by atoms with E-state index in [0.29, 0.717) is 0 Å². The summed E-state index contributed by atoms with van der Waals surface area (Å²) in [5.41, 5.74) is 5.83. The van der Waals surface area contributed by atoms with E-state index in [1.54, 1.807) is 5.56 Å². The molecule has 90 valence electrons. The van der Waals surface area contributed by atoms with Crippen molar-refractivity contribution in [1.82, 2.24) is 5.32 Å². The highest BCUT2D eigenvalue weighted by atomic mass is 14.8. The molecule has 0 amide bonds. The van der Waals surface area contributed by atoms with Gasteiger partial charge < -0.3 is 5.32 Å². The maximum Gasteiger partial charge on any atom is -0.00431 e. The molecule has 1 aliphatic heterocycles. The van der Waals surface area contributed by atoms with Crippen LogP contribution in [-0.4, -0.2) is 13.1 Å². The lowest BCUT2D eigenvalue weighted by atomic mass is 9.90. The first-order chi connectivity index (χ1) is 8.34. The third kappa shape index (κ3) is 2.16. The Kier molecular flexibility index (Phi) is 3.02. The Labute approximate surface area is 104 Å². The summed E-state index contributed by atoms with van der Waals surface area (Å²) in [6.07, 6.45) is 6.30. The van der Waals surface area contributed by atoms with Crippen molar-refractivity contribution in [2.45, 2.75) is 38.0 Å². The van der Waals surface area contributed by atoms with Gasteiger partial charge in [0.05, 0.1) is 0 Å². The second-order valence-corrected chi connectivity index (χ2v) is 5.40. The van der Waals surface area contributed by atoms with E-state index in [1.165, 1.54) is 55.5 Å². The van der Waals surface area contributed by atoms with Gasteiger partial charge >= 0.3 is 0 Å². The molecule has 1 N–H and O–H groups in total. The molecule has 1 aromatic rings. The van der Waals surface area contributed by atoms with Crippen molar-refractivity contribution in [2.75, 3.05) is 13.1 Å². The van der Waals surface area contributed by atoms with Crippen molar-refractivity contribution in [1.29, 1.82) is 0 Å². The van der Waals surface area contributed by atoms with Crippen molar-refractivity contribution >= 4 is 5.57 Å². The van der Waals surface area contributed by atoms with Crippen LogP contribution < -0.4 is 5.32 Å². The molecule has 1 fully saturated rings. The summed E-state index contributed by atoms with van der Waals surface area (Å²) in [7, 11) is 0. The van der Waals surface area contributed by atoms with Gasteiger partial charge in [0.25, 0.3) is 0 Å². The fourth-order valence-electron chi connectivity index (χ4n) is 3.19. The zero-order valence-corrected chi connectivity index (χ0v) is 10.5. The molecule has 1 atom stereocenters. The Morgan fingerprint density at radius 2 is 2.06 bits per heavy atom. The van der Waals surface area contributed by atoms with Gasteiger partial charge in [-0.2, -0.15) is 0 Å². The molecule has 1 heterocycles. The molecule has 0 spiro atoms. The monoisotopic (exact) mass is 227 g/mol. The average Bonchev–Trinajstić information content (AvgIpc) is 2.58. The molecule has 0 aromatic heterocycles. The van der Waals surface area contributed by atoms with Crippen molar-refractivity contribution < 1.29 is 0 Å². The first kappa shape index (κ1) is 11.0. The van der Waals surface area contributed by atoms with Gasteiger partial charge in [-0.25, -0.2) is 0 Å². The first-order valence-corrected chi connectivity index (χ1v) is 6.86. The minimum Gasteiger partial charge on any atom is -0.317 e. The number of rotatable bonds is 1. The zero-order valence-electron chi connectivity index (χ0n) is 10.5. The average molecular weight is 227 g/mol. The van der Waals surface area contributed by atoms with E-state index >= 15 is 0 Å². The largest absolute Gasteiger partial charge is 0.317 e. The van der Waals surface area contributed by atoms with Gasteiger partial charge in [0.2, 0.25) is 0 Å². The number of fused-ring (bicyclic) bond motifs is 1. The van der Waals surface area contributed by atoms with Crippen LogP contribution in [-0.2, 0) is 6.42 Å². The second kappa shape index (κ2) is 4.66. The lowest BCUT2D eigenvalue weighted by Crippen LogP contribution is -2.13. The van der Waals surface area contributed by atoms with E-state index in [2.05, 4.69) is 30.1 Å². The molecule has 1 heteroatoms. The summed E-state index contributed by atoms with van der Waals surface area (Å²) in [4.78, 5) is 0. The summed E-state index contributed by atoms with van der Waals surface area (Å²) >= 11 is 0. The molecular weight excluding hydrogens is 206 g/mol. The molecule has 0 saturated carbocycles. The van der Waals surface area contributed by atoms with Gasteiger partial charge in [0.15, 0.2) is 0 Å². The molecule has 17 heavy (non-hydrogen) atoms. The van der Waals surface area contributed by atoms with E-state index in [1.807, 2.05) is 0 Å². The van der Waals surface area contributed by atoms with Crippen LogP contribution >= 0.6 is 0 Å². The van der Waals surface area contributed by atoms with Crippen LogP contribution in [0, 0.1) is 0 Å². The quantitative estimate of drug-likeness (QED) is 0.774. The van der Waals surface area contributed by atoms with Crippen molar-refractivity contribution in [3.8, 4) is 0 Å². The summed E-state index contributed by atoms with van der Waals surface area (Å²) in [5.74, 6) is 0.768. The molecule has 1 nitrogen and oxygen atoms in total. The van der Waals surface area contributed by atoms with E-state index in [4.69, 9.17) is 0 Å². The Morgan fingerprint density at radius 3 is 3.00 bits per heavy atom. The fourth-order valence-corrected chi connectivity index (χ4v) is 3.19. The lowest BCUT2D eigenvalue weighted by Gasteiger charge is -2.15. The Hall–Kier alpha value is -1.08. The summed E-state index contributed by atoms with van der Waals surface area (Å²) < 4.78 is 0. The predicted molar refractivity (Wildman–Crippen MR) is 73.3 cm³/mol. The van der Waals surface area contributed by atoms with Crippen LogP contribution in [0.3, 0.4) is 0 Å². The van der Waals surface area contributed by atoms with Crippen LogP contribution in [0.5, 0.6) is 0 Å². The van der Waals surface area contributed by atoms with Gasteiger partial charge in [-0.3, -0.25) is 0 Å². The minimum atomic E-state index is 0.768. The number of nitrogens with one attached hydrogen (secondary N) is 1. The number of hydrogen-bond donors (Lipinski definition) is 1. The van der Waals surface area contributed by atoms with Crippen LogP contribution in [0.4, 0.5) is 0 Å². The van der Waals surface area contributed by atoms with Crippen molar-refractivity contribution in [3.63, 3.8) is 0 Å². The summed E-state index contributed by atoms with van der Waals surface area (Å²) in [6, 6.07) is 7.09. The molecule has 2 aliphatic rings. The zero-order chi connectivity index (χ0) is 11.7. The number of aryl methyl sites for hydroxylation is 1. The van der Waals surface area contributed by atoms with E-state index in [9.17, 15) is 0 Å². The number of benzene rings is 1. The van der Waals surface area contributed by atoms with Crippen LogP contribution in [0.25, 0.3) is 5.57 Å². The highest BCUT2D eigenvalue weighted by Gasteiger charge is 2.18. The number of allylic oxidation sites excluding steroid dienone is 1. The van der Waals surface area contributed by atoms with Crippen molar-refractivity contribution in [3.05, 3.63) is 41.5 Å². The summed E-state index contributed by atoms with van der Waals surface area (Å²) in [6.45, 7) is 6.51. The molecule has 0 radical (unpaired) electrons. The Balaban J connectivity index is 1.86. The standard InChI is InChI=1S/C16H21N/c1-12-4-5-15-11-14(6-7-16(12)15)13-3-2-9-17-10-8-13/h6-7,11,13,17H,1-5,8-10H2. The summed E-state index contributed by atoms with van der Waals surface area (Å²) in [5, 5.41) is 3.49. The maximum absolute atomic E-state index is 4.14. The Bertz CT molecular complexity index is 425. The third-order valence-corrected chi connectivity index (χ3v) is 4.25. The molecule has 3 rings (SSSR count).